The second kappa shape index (κ2) is 6.99. The van der Waals surface area contributed by atoms with Crippen LogP contribution in [0, 0.1) is 0 Å². The van der Waals surface area contributed by atoms with E-state index in [0.29, 0.717) is 27.8 Å². The molecule has 0 aliphatic rings. The van der Waals surface area contributed by atoms with E-state index in [0.717, 1.165) is 5.39 Å². The van der Waals surface area contributed by atoms with E-state index in [4.69, 9.17) is 4.74 Å². The van der Waals surface area contributed by atoms with Crippen LogP contribution in [0.5, 0.6) is 0 Å². The molecule has 0 saturated carbocycles. The maximum Gasteiger partial charge on any atom is 0.341 e. The van der Waals surface area contributed by atoms with Crippen molar-refractivity contribution < 1.29 is 14.3 Å². The molecule has 0 bridgehead atoms. The number of aromatic nitrogens is 3. The summed E-state index contributed by atoms with van der Waals surface area (Å²) in [6, 6.07) is 13.7. The van der Waals surface area contributed by atoms with E-state index in [1.54, 1.807) is 42.6 Å². The fraction of sp³-hybridized carbons (Fsp3) is 0.100. The van der Waals surface area contributed by atoms with E-state index in [1.165, 1.54) is 6.92 Å². The van der Waals surface area contributed by atoms with Crippen molar-refractivity contribution in [3.05, 3.63) is 70.8 Å². The standard InChI is InChI=1S/C20H16N4O4/c1-11(18(25)22-13-7-8-15-16(10-13)24-20(27)23-15)28-19(26)14-6-2-4-12-5-3-9-21-17(12)14/h2-11H,1H3,(H,22,25)(H2,23,24,27)/t11-/m0/s1. The molecule has 0 spiro atoms. The Balaban J connectivity index is 1.48. The Morgan fingerprint density at radius 2 is 1.86 bits per heavy atom. The van der Waals surface area contributed by atoms with Crippen molar-refractivity contribution in [1.82, 2.24) is 15.0 Å². The number of amides is 1. The van der Waals surface area contributed by atoms with Gasteiger partial charge in [-0.05, 0) is 37.3 Å². The number of anilines is 1. The number of benzene rings is 2. The minimum absolute atomic E-state index is 0.295. The van der Waals surface area contributed by atoms with Gasteiger partial charge in [-0.25, -0.2) is 9.59 Å². The fourth-order valence-corrected chi connectivity index (χ4v) is 2.90. The first kappa shape index (κ1) is 17.5. The third-order valence-corrected chi connectivity index (χ3v) is 4.29. The Bertz CT molecular complexity index is 1250. The number of rotatable bonds is 4. The van der Waals surface area contributed by atoms with Gasteiger partial charge >= 0.3 is 11.7 Å². The summed E-state index contributed by atoms with van der Waals surface area (Å²) in [5.74, 6) is -1.11. The molecule has 3 N–H and O–H groups in total. The molecule has 0 saturated heterocycles. The predicted molar refractivity (Wildman–Crippen MR) is 104 cm³/mol. The molecule has 28 heavy (non-hydrogen) atoms. The van der Waals surface area contributed by atoms with E-state index in [2.05, 4.69) is 20.3 Å². The largest absolute Gasteiger partial charge is 0.449 e. The summed E-state index contributed by atoms with van der Waals surface area (Å²) in [5.41, 5.74) is 2.15. The van der Waals surface area contributed by atoms with Crippen LogP contribution in [0.1, 0.15) is 17.3 Å². The number of nitrogens with zero attached hydrogens (tertiary/aromatic N) is 1. The third-order valence-electron chi connectivity index (χ3n) is 4.29. The van der Waals surface area contributed by atoms with Crippen LogP contribution in [0.2, 0.25) is 0 Å². The zero-order valence-electron chi connectivity index (χ0n) is 14.9. The van der Waals surface area contributed by atoms with Gasteiger partial charge < -0.3 is 20.0 Å². The van der Waals surface area contributed by atoms with Crippen molar-refractivity contribution in [3.63, 3.8) is 0 Å². The van der Waals surface area contributed by atoms with Crippen LogP contribution >= 0.6 is 0 Å². The Kier molecular flexibility index (Phi) is 4.36. The Morgan fingerprint density at radius 1 is 1.07 bits per heavy atom. The van der Waals surface area contributed by atoms with Gasteiger partial charge in [0.2, 0.25) is 0 Å². The quantitative estimate of drug-likeness (QED) is 0.473. The lowest BCUT2D eigenvalue weighted by Gasteiger charge is -2.14. The number of imidazole rings is 1. The second-order valence-corrected chi connectivity index (χ2v) is 6.26. The molecule has 0 unspecified atom stereocenters. The highest BCUT2D eigenvalue weighted by molar-refractivity contribution is 6.04. The van der Waals surface area contributed by atoms with E-state index < -0.39 is 18.0 Å². The number of carbonyl (C=O) groups is 2. The van der Waals surface area contributed by atoms with Gasteiger partial charge in [-0.2, -0.15) is 0 Å². The van der Waals surface area contributed by atoms with Gasteiger partial charge in [-0.1, -0.05) is 18.2 Å². The number of carbonyl (C=O) groups excluding carboxylic acids is 2. The summed E-state index contributed by atoms with van der Waals surface area (Å²) in [4.78, 5) is 45.7. The van der Waals surface area contributed by atoms with Gasteiger partial charge in [0.15, 0.2) is 6.10 Å². The summed E-state index contributed by atoms with van der Waals surface area (Å²) in [5, 5.41) is 3.48. The molecular weight excluding hydrogens is 360 g/mol. The molecule has 2 heterocycles. The van der Waals surface area contributed by atoms with Crippen molar-refractivity contribution in [2.45, 2.75) is 13.0 Å². The lowest BCUT2D eigenvalue weighted by Crippen LogP contribution is -2.30. The molecule has 4 rings (SSSR count). The number of fused-ring (bicyclic) bond motifs is 2. The molecule has 0 fully saturated rings. The summed E-state index contributed by atoms with van der Waals surface area (Å²) in [6.45, 7) is 1.49. The molecule has 8 nitrogen and oxygen atoms in total. The maximum atomic E-state index is 12.5. The Hall–Kier alpha value is -3.94. The average Bonchev–Trinajstić information content (AvgIpc) is 3.06. The van der Waals surface area contributed by atoms with Crippen LogP contribution in [0.4, 0.5) is 5.69 Å². The molecule has 2 aromatic carbocycles. The minimum Gasteiger partial charge on any atom is -0.449 e. The molecule has 0 aliphatic carbocycles. The maximum absolute atomic E-state index is 12.5. The highest BCUT2D eigenvalue weighted by Gasteiger charge is 2.21. The SMILES string of the molecule is C[C@H](OC(=O)c1cccc2cccnc12)C(=O)Nc1ccc2[nH]c(=O)[nH]c2c1. The summed E-state index contributed by atoms with van der Waals surface area (Å²) >= 11 is 0. The third kappa shape index (κ3) is 3.35. The molecule has 0 aliphatic heterocycles. The Labute approximate surface area is 158 Å². The second-order valence-electron chi connectivity index (χ2n) is 6.26. The van der Waals surface area contributed by atoms with Crippen molar-refractivity contribution in [2.75, 3.05) is 5.32 Å². The number of esters is 1. The van der Waals surface area contributed by atoms with Crippen LogP contribution in [0.25, 0.3) is 21.9 Å². The number of ether oxygens (including phenoxy) is 1. The number of aromatic amines is 2. The zero-order valence-corrected chi connectivity index (χ0v) is 14.9. The number of pyridine rings is 1. The monoisotopic (exact) mass is 376 g/mol. The highest BCUT2D eigenvalue weighted by atomic mass is 16.5. The van der Waals surface area contributed by atoms with Gasteiger partial charge in [0.1, 0.15) is 0 Å². The number of para-hydroxylation sites is 1. The summed E-state index contributed by atoms with van der Waals surface area (Å²) < 4.78 is 5.32. The van der Waals surface area contributed by atoms with Crippen molar-refractivity contribution >= 4 is 39.5 Å². The van der Waals surface area contributed by atoms with Crippen molar-refractivity contribution in [2.24, 2.45) is 0 Å². The molecule has 1 atom stereocenters. The summed E-state index contributed by atoms with van der Waals surface area (Å²) in [6.07, 6.45) is 0.573. The van der Waals surface area contributed by atoms with Gasteiger partial charge in [0, 0.05) is 17.3 Å². The normalized spacial score (nSPS) is 12.0. The fourth-order valence-electron chi connectivity index (χ4n) is 2.90. The molecule has 8 heteroatoms. The van der Waals surface area contributed by atoms with Crippen molar-refractivity contribution in [1.29, 1.82) is 0 Å². The number of hydrogen-bond acceptors (Lipinski definition) is 5. The molecule has 140 valence electrons. The average molecular weight is 376 g/mol. The first-order valence-electron chi connectivity index (χ1n) is 8.59. The van der Waals surface area contributed by atoms with Gasteiger partial charge in [-0.3, -0.25) is 9.78 Å². The smallest absolute Gasteiger partial charge is 0.341 e. The lowest BCUT2D eigenvalue weighted by molar-refractivity contribution is -0.123. The number of hydrogen-bond donors (Lipinski definition) is 3. The molecule has 2 aromatic heterocycles. The van der Waals surface area contributed by atoms with E-state index in [1.807, 2.05) is 12.1 Å². The predicted octanol–water partition coefficient (Wildman–Crippen LogP) is 2.59. The molecule has 0 radical (unpaired) electrons. The van der Waals surface area contributed by atoms with Gasteiger partial charge in [0.25, 0.3) is 5.91 Å². The van der Waals surface area contributed by atoms with Crippen LogP contribution in [-0.2, 0) is 9.53 Å². The summed E-state index contributed by atoms with van der Waals surface area (Å²) in [7, 11) is 0. The number of H-pyrrole nitrogens is 2. The van der Waals surface area contributed by atoms with Crippen LogP contribution in [0.15, 0.2) is 59.5 Å². The number of nitrogens with one attached hydrogen (secondary N) is 3. The van der Waals surface area contributed by atoms with Crippen LogP contribution in [-0.4, -0.2) is 32.9 Å². The van der Waals surface area contributed by atoms with Gasteiger partial charge in [-0.15, -0.1) is 0 Å². The van der Waals surface area contributed by atoms with E-state index in [9.17, 15) is 14.4 Å². The highest BCUT2D eigenvalue weighted by Crippen LogP contribution is 2.18. The molecule has 4 aromatic rings. The topological polar surface area (TPSA) is 117 Å². The molecular formula is C20H16N4O4. The van der Waals surface area contributed by atoms with Crippen molar-refractivity contribution in [3.8, 4) is 0 Å². The van der Waals surface area contributed by atoms with E-state index >= 15 is 0 Å². The lowest BCUT2D eigenvalue weighted by atomic mass is 10.1. The zero-order chi connectivity index (χ0) is 19.7. The Morgan fingerprint density at radius 3 is 2.71 bits per heavy atom. The molecule has 1 amide bonds. The van der Waals surface area contributed by atoms with Gasteiger partial charge in [0.05, 0.1) is 22.1 Å². The van der Waals surface area contributed by atoms with Crippen LogP contribution < -0.4 is 11.0 Å². The van der Waals surface area contributed by atoms with E-state index in [-0.39, 0.29) is 5.69 Å². The van der Waals surface area contributed by atoms with Crippen LogP contribution in [0.3, 0.4) is 0 Å². The first-order valence-corrected chi connectivity index (χ1v) is 8.59. The minimum atomic E-state index is -1.02. The first-order chi connectivity index (χ1) is 13.5.